The van der Waals surface area contributed by atoms with Gasteiger partial charge in [-0.3, -0.25) is 4.79 Å². The minimum absolute atomic E-state index is 0.0995. The van der Waals surface area contributed by atoms with E-state index in [-0.39, 0.29) is 22.3 Å². The first-order valence-electron chi connectivity index (χ1n) is 9.42. The van der Waals surface area contributed by atoms with Crippen molar-refractivity contribution < 1.29 is 17.9 Å². The van der Waals surface area contributed by atoms with E-state index in [2.05, 4.69) is 20.0 Å². The van der Waals surface area contributed by atoms with Gasteiger partial charge in [0, 0.05) is 5.56 Å². The topological polar surface area (TPSA) is 113 Å². The largest absolute Gasteiger partial charge is 0.495 e. The van der Waals surface area contributed by atoms with Crippen molar-refractivity contribution in [2.75, 3.05) is 14.2 Å². The van der Waals surface area contributed by atoms with Crippen molar-refractivity contribution in [1.29, 1.82) is 0 Å². The van der Waals surface area contributed by atoms with E-state index < -0.39 is 15.9 Å². The van der Waals surface area contributed by atoms with Crippen LogP contribution in [-0.2, 0) is 10.0 Å². The van der Waals surface area contributed by atoms with Crippen LogP contribution in [0.25, 0.3) is 11.3 Å². The maximum atomic E-state index is 12.8. The van der Waals surface area contributed by atoms with Crippen LogP contribution in [0.2, 0.25) is 0 Å². The van der Waals surface area contributed by atoms with E-state index in [1.807, 2.05) is 37.3 Å². The van der Waals surface area contributed by atoms with Gasteiger partial charge in [-0.2, -0.15) is 0 Å². The molecule has 0 fully saturated rings. The average Bonchev–Trinajstić information content (AvgIpc) is 3.27. The standard InChI is InChI=1S/C21H24N4O4S/c1-4-16(20-23-13-17(24-20)14-8-6-5-7-9-14)25-21(26)15-10-11-18(29-3)19(12-15)30(27,28)22-2/h5-13,16,22H,4H2,1-3H3,(H,23,24)(H,25,26). The molecule has 0 aliphatic heterocycles. The van der Waals surface area contributed by atoms with Gasteiger partial charge in [-0.05, 0) is 37.2 Å². The fraction of sp³-hybridized carbons (Fsp3) is 0.238. The molecule has 0 spiro atoms. The van der Waals surface area contributed by atoms with Crippen LogP contribution < -0.4 is 14.8 Å². The highest BCUT2D eigenvalue weighted by Gasteiger charge is 2.22. The molecule has 1 heterocycles. The number of nitrogens with zero attached hydrogens (tertiary/aromatic N) is 1. The van der Waals surface area contributed by atoms with Gasteiger partial charge in [0.15, 0.2) is 0 Å². The van der Waals surface area contributed by atoms with Gasteiger partial charge in [-0.25, -0.2) is 18.1 Å². The number of aromatic amines is 1. The Morgan fingerprint density at radius 1 is 1.20 bits per heavy atom. The second kappa shape index (κ2) is 9.10. The third kappa shape index (κ3) is 4.52. The van der Waals surface area contributed by atoms with Crippen molar-refractivity contribution >= 4 is 15.9 Å². The van der Waals surface area contributed by atoms with Crippen molar-refractivity contribution in [2.45, 2.75) is 24.3 Å². The molecule has 3 N–H and O–H groups in total. The van der Waals surface area contributed by atoms with Crippen molar-refractivity contribution in [3.05, 3.63) is 66.1 Å². The minimum Gasteiger partial charge on any atom is -0.495 e. The van der Waals surface area contributed by atoms with Crippen molar-refractivity contribution in [3.63, 3.8) is 0 Å². The van der Waals surface area contributed by atoms with E-state index in [0.717, 1.165) is 11.3 Å². The van der Waals surface area contributed by atoms with E-state index in [4.69, 9.17) is 4.74 Å². The lowest BCUT2D eigenvalue weighted by Gasteiger charge is -2.16. The Hall–Kier alpha value is -3.17. The van der Waals surface area contributed by atoms with Gasteiger partial charge in [0.2, 0.25) is 10.0 Å². The first-order chi connectivity index (χ1) is 14.4. The Morgan fingerprint density at radius 2 is 1.93 bits per heavy atom. The number of aromatic nitrogens is 2. The maximum absolute atomic E-state index is 12.8. The van der Waals surface area contributed by atoms with Gasteiger partial charge in [0.1, 0.15) is 16.5 Å². The molecule has 1 amide bonds. The summed E-state index contributed by atoms with van der Waals surface area (Å²) in [7, 11) is -1.11. The van der Waals surface area contributed by atoms with Crippen molar-refractivity contribution in [1.82, 2.24) is 20.0 Å². The highest BCUT2D eigenvalue weighted by atomic mass is 32.2. The summed E-state index contributed by atoms with van der Waals surface area (Å²) in [6.07, 6.45) is 2.33. The number of benzene rings is 2. The van der Waals surface area contributed by atoms with Gasteiger partial charge < -0.3 is 15.0 Å². The second-order valence-electron chi connectivity index (χ2n) is 6.56. The lowest BCUT2D eigenvalue weighted by Crippen LogP contribution is -2.29. The molecule has 1 unspecified atom stereocenters. The highest BCUT2D eigenvalue weighted by Crippen LogP contribution is 2.25. The molecule has 0 aliphatic carbocycles. The van der Waals surface area contributed by atoms with E-state index in [0.29, 0.717) is 12.2 Å². The fourth-order valence-electron chi connectivity index (χ4n) is 3.02. The van der Waals surface area contributed by atoms with Crippen LogP contribution in [0.3, 0.4) is 0 Å². The number of sulfonamides is 1. The zero-order valence-corrected chi connectivity index (χ0v) is 17.8. The summed E-state index contributed by atoms with van der Waals surface area (Å²) in [5.74, 6) is 0.377. The second-order valence-corrected chi connectivity index (χ2v) is 8.41. The normalized spacial score (nSPS) is 12.4. The number of carbonyl (C=O) groups is 1. The Kier molecular flexibility index (Phi) is 6.53. The van der Waals surface area contributed by atoms with Gasteiger partial charge in [0.05, 0.1) is 25.0 Å². The molecule has 9 heteroatoms. The van der Waals surface area contributed by atoms with Crippen molar-refractivity contribution in [3.8, 4) is 17.0 Å². The van der Waals surface area contributed by atoms with Crippen LogP contribution in [0.15, 0.2) is 59.6 Å². The number of nitrogens with one attached hydrogen (secondary N) is 3. The zero-order valence-electron chi connectivity index (χ0n) is 17.0. The van der Waals surface area contributed by atoms with E-state index >= 15 is 0 Å². The summed E-state index contributed by atoms with van der Waals surface area (Å²) in [5.41, 5.74) is 2.05. The molecule has 2 aromatic carbocycles. The lowest BCUT2D eigenvalue weighted by atomic mass is 10.1. The number of amides is 1. The summed E-state index contributed by atoms with van der Waals surface area (Å²) in [6.45, 7) is 1.93. The molecule has 1 atom stereocenters. The maximum Gasteiger partial charge on any atom is 0.251 e. The summed E-state index contributed by atoms with van der Waals surface area (Å²) in [5, 5.41) is 2.91. The number of ether oxygens (including phenoxy) is 1. The number of imidazole rings is 1. The molecule has 0 bridgehead atoms. The number of rotatable bonds is 8. The Labute approximate surface area is 175 Å². The van der Waals surface area contributed by atoms with Crippen LogP contribution in [0.4, 0.5) is 0 Å². The summed E-state index contributed by atoms with van der Waals surface area (Å²) >= 11 is 0. The molecule has 3 aromatic rings. The molecule has 8 nitrogen and oxygen atoms in total. The van der Waals surface area contributed by atoms with Crippen LogP contribution in [0.5, 0.6) is 5.75 Å². The van der Waals surface area contributed by atoms with E-state index in [1.54, 1.807) is 6.20 Å². The average molecular weight is 429 g/mol. The molecule has 0 aliphatic rings. The molecule has 0 saturated heterocycles. The third-order valence-corrected chi connectivity index (χ3v) is 6.14. The molecule has 0 saturated carbocycles. The first kappa shape index (κ1) is 21.5. The van der Waals surface area contributed by atoms with Gasteiger partial charge in [-0.1, -0.05) is 37.3 Å². The summed E-state index contributed by atoms with van der Waals surface area (Å²) < 4.78 is 31.9. The number of carbonyl (C=O) groups excluding carboxylic acids is 1. The molecular formula is C21H24N4O4S. The third-order valence-electron chi connectivity index (χ3n) is 4.71. The quantitative estimate of drug-likeness (QED) is 0.511. The Balaban J connectivity index is 1.84. The molecule has 1 aromatic heterocycles. The summed E-state index contributed by atoms with van der Waals surface area (Å²) in [4.78, 5) is 20.4. The zero-order chi connectivity index (χ0) is 21.7. The molecule has 158 valence electrons. The molecule has 3 rings (SSSR count). The minimum atomic E-state index is -3.78. The molecule has 0 radical (unpaired) electrons. The number of methoxy groups -OCH3 is 1. The van der Waals surface area contributed by atoms with Crippen molar-refractivity contribution in [2.24, 2.45) is 0 Å². The Morgan fingerprint density at radius 3 is 2.57 bits per heavy atom. The van der Waals surface area contributed by atoms with Crippen LogP contribution in [0.1, 0.15) is 35.6 Å². The predicted octanol–water partition coefficient (Wildman–Crippen LogP) is 2.87. The van der Waals surface area contributed by atoms with E-state index in [9.17, 15) is 13.2 Å². The lowest BCUT2D eigenvalue weighted by molar-refractivity contribution is 0.0933. The van der Waals surface area contributed by atoms with Gasteiger partial charge >= 0.3 is 0 Å². The first-order valence-corrected chi connectivity index (χ1v) is 10.9. The van der Waals surface area contributed by atoms with Crippen LogP contribution in [0, 0.1) is 0 Å². The van der Waals surface area contributed by atoms with Crippen LogP contribution >= 0.6 is 0 Å². The molecular weight excluding hydrogens is 404 g/mol. The number of H-pyrrole nitrogens is 1. The fourth-order valence-corrected chi connectivity index (χ4v) is 3.94. The summed E-state index contributed by atoms with van der Waals surface area (Å²) in [6, 6.07) is 13.7. The van der Waals surface area contributed by atoms with Crippen LogP contribution in [-0.4, -0.2) is 38.5 Å². The monoisotopic (exact) mass is 428 g/mol. The highest BCUT2D eigenvalue weighted by molar-refractivity contribution is 7.89. The number of hydrogen-bond donors (Lipinski definition) is 3. The Bertz CT molecular complexity index is 1130. The SMILES string of the molecule is CCC(NC(=O)c1ccc(OC)c(S(=O)(=O)NC)c1)c1ncc(-c2ccccc2)[nH]1. The van der Waals surface area contributed by atoms with Gasteiger partial charge in [0.25, 0.3) is 5.91 Å². The molecule has 30 heavy (non-hydrogen) atoms. The van der Waals surface area contributed by atoms with E-state index in [1.165, 1.54) is 32.4 Å². The van der Waals surface area contributed by atoms with Gasteiger partial charge in [-0.15, -0.1) is 0 Å². The smallest absolute Gasteiger partial charge is 0.251 e. The predicted molar refractivity (Wildman–Crippen MR) is 114 cm³/mol. The number of hydrogen-bond acceptors (Lipinski definition) is 5.